The average Bonchev–Trinajstić information content (AvgIpc) is 2.72. The monoisotopic (exact) mass is 239 g/mol. The van der Waals surface area contributed by atoms with Crippen molar-refractivity contribution in [2.24, 2.45) is 0 Å². The number of nitrogens with zero attached hydrogens (tertiary/aromatic N) is 1. The molecule has 0 aliphatic rings. The molecule has 1 aromatic heterocycles. The number of carboxylic acids is 1. The highest BCUT2D eigenvalue weighted by Gasteiger charge is 2.12. The van der Waals surface area contributed by atoms with Gasteiger partial charge in [0.25, 0.3) is 5.91 Å². The highest BCUT2D eigenvalue weighted by atomic mass is 16.4. The van der Waals surface area contributed by atoms with Crippen LogP contribution in [0.15, 0.2) is 18.3 Å². The van der Waals surface area contributed by atoms with Crippen LogP contribution in [0, 0.1) is 0 Å². The number of carboxylic acid groups (broad SMARTS) is 1. The maximum atomic E-state index is 11.6. The quantitative estimate of drug-likeness (QED) is 0.616. The van der Waals surface area contributed by atoms with E-state index in [-0.39, 0.29) is 24.7 Å². The smallest absolute Gasteiger partial charge is 0.323 e. The summed E-state index contributed by atoms with van der Waals surface area (Å²) in [6, 6.07) is 3.06. The molecule has 0 radical (unpaired) electrons. The highest BCUT2D eigenvalue weighted by molar-refractivity contribution is 5.95. The van der Waals surface area contributed by atoms with Gasteiger partial charge in [-0.25, -0.2) is 0 Å². The van der Waals surface area contributed by atoms with Crippen LogP contribution in [0.25, 0.3) is 0 Å². The Morgan fingerprint density at radius 1 is 1.41 bits per heavy atom. The minimum absolute atomic E-state index is 0.145. The minimum Gasteiger partial charge on any atom is -0.480 e. The first-order chi connectivity index (χ1) is 8.04. The fourth-order valence-corrected chi connectivity index (χ4v) is 1.24. The molecule has 7 heteroatoms. The fourth-order valence-electron chi connectivity index (χ4n) is 1.24. The van der Waals surface area contributed by atoms with Crippen molar-refractivity contribution in [3.63, 3.8) is 0 Å². The number of rotatable bonds is 5. The van der Waals surface area contributed by atoms with Gasteiger partial charge in [-0.1, -0.05) is 0 Å². The van der Waals surface area contributed by atoms with Crippen LogP contribution in [-0.2, 0) is 16.1 Å². The Morgan fingerprint density at radius 2 is 2.12 bits per heavy atom. The van der Waals surface area contributed by atoms with Crippen LogP contribution in [0.3, 0.4) is 0 Å². The first-order valence-corrected chi connectivity index (χ1v) is 4.90. The molecule has 0 aromatic carbocycles. The molecule has 3 N–H and O–H groups in total. The Balaban J connectivity index is 2.65. The topological polar surface area (TPSA) is 100 Å². The van der Waals surface area contributed by atoms with Crippen molar-refractivity contribution in [3.05, 3.63) is 24.0 Å². The zero-order chi connectivity index (χ0) is 12.8. The predicted molar refractivity (Wildman–Crippen MR) is 58.5 cm³/mol. The normalized spacial score (nSPS) is 9.71. The molecule has 0 fully saturated rings. The maximum absolute atomic E-state index is 11.6. The minimum atomic E-state index is -1.04. The van der Waals surface area contributed by atoms with Crippen LogP contribution in [-0.4, -0.2) is 41.0 Å². The summed E-state index contributed by atoms with van der Waals surface area (Å²) in [5.41, 5.74) is 0.205. The lowest BCUT2D eigenvalue weighted by Gasteiger charge is -2.07. The van der Waals surface area contributed by atoms with Crippen LogP contribution in [0.1, 0.15) is 10.5 Å². The molecule has 0 saturated carbocycles. The van der Waals surface area contributed by atoms with Crippen molar-refractivity contribution < 1.29 is 19.5 Å². The summed E-state index contributed by atoms with van der Waals surface area (Å²) < 4.78 is 1.29. The Bertz CT molecular complexity index is 439. The molecule has 0 spiro atoms. The van der Waals surface area contributed by atoms with Gasteiger partial charge < -0.3 is 20.3 Å². The Kier molecular flexibility index (Phi) is 4.27. The van der Waals surface area contributed by atoms with Gasteiger partial charge in [0, 0.05) is 13.2 Å². The van der Waals surface area contributed by atoms with E-state index in [2.05, 4.69) is 10.6 Å². The first kappa shape index (κ1) is 12.8. The number of carbonyl (C=O) groups is 3. The zero-order valence-electron chi connectivity index (χ0n) is 9.27. The summed E-state index contributed by atoms with van der Waals surface area (Å²) in [5, 5.41) is 13.4. The van der Waals surface area contributed by atoms with Crippen LogP contribution < -0.4 is 10.6 Å². The molecule has 1 heterocycles. The number of hydrogen-bond acceptors (Lipinski definition) is 3. The first-order valence-electron chi connectivity index (χ1n) is 4.90. The van der Waals surface area contributed by atoms with Gasteiger partial charge in [-0.05, 0) is 12.1 Å². The molecular weight excluding hydrogens is 226 g/mol. The van der Waals surface area contributed by atoms with Gasteiger partial charge in [0.15, 0.2) is 0 Å². The van der Waals surface area contributed by atoms with E-state index >= 15 is 0 Å². The SMILES string of the molecule is CNC(=O)CNC(=O)c1cccn1CC(=O)O. The van der Waals surface area contributed by atoms with Crippen molar-refractivity contribution in [1.82, 2.24) is 15.2 Å². The van der Waals surface area contributed by atoms with Gasteiger partial charge in [0.2, 0.25) is 5.91 Å². The molecule has 92 valence electrons. The van der Waals surface area contributed by atoms with E-state index < -0.39 is 11.9 Å². The lowest BCUT2D eigenvalue weighted by molar-refractivity contribution is -0.137. The second-order valence-corrected chi connectivity index (χ2v) is 3.27. The number of nitrogens with one attached hydrogen (secondary N) is 2. The molecule has 0 atom stereocenters. The van der Waals surface area contributed by atoms with Gasteiger partial charge >= 0.3 is 5.97 Å². The Hall–Kier alpha value is -2.31. The number of aromatic nitrogens is 1. The van der Waals surface area contributed by atoms with E-state index in [0.717, 1.165) is 0 Å². The van der Waals surface area contributed by atoms with Crippen LogP contribution in [0.4, 0.5) is 0 Å². The third-order valence-electron chi connectivity index (χ3n) is 2.06. The van der Waals surface area contributed by atoms with E-state index in [9.17, 15) is 14.4 Å². The lowest BCUT2D eigenvalue weighted by atomic mass is 10.4. The molecule has 7 nitrogen and oxygen atoms in total. The van der Waals surface area contributed by atoms with Crippen LogP contribution >= 0.6 is 0 Å². The number of amides is 2. The lowest BCUT2D eigenvalue weighted by Crippen LogP contribution is -2.36. The molecule has 0 bridgehead atoms. The number of hydrogen-bond donors (Lipinski definition) is 3. The van der Waals surface area contributed by atoms with Crippen molar-refractivity contribution in [3.8, 4) is 0 Å². The standard InChI is InChI=1S/C10H13N3O4/c1-11-8(14)5-12-10(17)7-3-2-4-13(7)6-9(15)16/h2-4H,5-6H2,1H3,(H,11,14)(H,12,17)(H,15,16). The van der Waals surface area contributed by atoms with E-state index in [1.165, 1.54) is 23.9 Å². The second-order valence-electron chi connectivity index (χ2n) is 3.27. The molecule has 0 aliphatic heterocycles. The van der Waals surface area contributed by atoms with E-state index in [1.807, 2.05) is 0 Å². The summed E-state index contributed by atoms with van der Waals surface area (Å²) in [6.07, 6.45) is 1.49. The van der Waals surface area contributed by atoms with Gasteiger partial charge in [0.05, 0.1) is 6.54 Å². The van der Waals surface area contributed by atoms with Crippen LogP contribution in [0.2, 0.25) is 0 Å². The molecule has 0 aliphatic carbocycles. The van der Waals surface area contributed by atoms with E-state index in [1.54, 1.807) is 6.07 Å². The molecule has 0 unspecified atom stereocenters. The number of carbonyl (C=O) groups excluding carboxylic acids is 2. The second kappa shape index (κ2) is 5.69. The highest BCUT2D eigenvalue weighted by Crippen LogP contribution is 2.01. The largest absolute Gasteiger partial charge is 0.480 e. The van der Waals surface area contributed by atoms with Crippen molar-refractivity contribution >= 4 is 17.8 Å². The third kappa shape index (κ3) is 3.63. The predicted octanol–water partition coefficient (Wildman–Crippen LogP) is -0.951. The molecule has 17 heavy (non-hydrogen) atoms. The van der Waals surface area contributed by atoms with E-state index in [4.69, 9.17) is 5.11 Å². The van der Waals surface area contributed by atoms with E-state index in [0.29, 0.717) is 0 Å². The Labute approximate surface area is 97.4 Å². The number of aliphatic carboxylic acids is 1. The molecular formula is C10H13N3O4. The summed E-state index contributed by atoms with van der Waals surface area (Å²) in [4.78, 5) is 33.1. The van der Waals surface area contributed by atoms with Gasteiger partial charge in [-0.15, -0.1) is 0 Å². The molecule has 2 amide bonds. The fraction of sp³-hybridized carbons (Fsp3) is 0.300. The third-order valence-corrected chi connectivity index (χ3v) is 2.06. The summed E-state index contributed by atoms with van der Waals surface area (Å²) in [7, 11) is 1.46. The van der Waals surface area contributed by atoms with Crippen molar-refractivity contribution in [1.29, 1.82) is 0 Å². The summed E-state index contributed by atoms with van der Waals surface area (Å²) in [6.45, 7) is -0.441. The van der Waals surface area contributed by atoms with Gasteiger partial charge in [0.1, 0.15) is 12.2 Å². The van der Waals surface area contributed by atoms with Crippen molar-refractivity contribution in [2.45, 2.75) is 6.54 Å². The summed E-state index contributed by atoms with van der Waals surface area (Å²) >= 11 is 0. The Morgan fingerprint density at radius 3 is 2.71 bits per heavy atom. The van der Waals surface area contributed by atoms with Crippen molar-refractivity contribution in [2.75, 3.05) is 13.6 Å². The summed E-state index contributed by atoms with van der Waals surface area (Å²) in [5.74, 6) is -1.85. The average molecular weight is 239 g/mol. The molecule has 0 saturated heterocycles. The molecule has 1 rings (SSSR count). The molecule has 1 aromatic rings. The zero-order valence-corrected chi connectivity index (χ0v) is 9.27. The van der Waals surface area contributed by atoms with Crippen LogP contribution in [0.5, 0.6) is 0 Å². The van der Waals surface area contributed by atoms with Gasteiger partial charge in [-0.3, -0.25) is 14.4 Å². The number of likely N-dealkylation sites (N-methyl/N-ethyl adjacent to an activating group) is 1. The maximum Gasteiger partial charge on any atom is 0.323 e. The van der Waals surface area contributed by atoms with Gasteiger partial charge in [-0.2, -0.15) is 0 Å².